The van der Waals surface area contributed by atoms with Gasteiger partial charge in [-0.25, -0.2) is 4.79 Å². The van der Waals surface area contributed by atoms with Gasteiger partial charge in [0.2, 0.25) is 0 Å². The molecule has 8 nitrogen and oxygen atoms in total. The monoisotopic (exact) mass is 408 g/mol. The summed E-state index contributed by atoms with van der Waals surface area (Å²) in [5.74, 6) is 1.86. The predicted molar refractivity (Wildman–Crippen MR) is 106 cm³/mol. The number of aryl methyl sites for hydroxylation is 1. The van der Waals surface area contributed by atoms with Gasteiger partial charge in [-0.3, -0.25) is 10.2 Å². The molecule has 0 aliphatic carbocycles. The van der Waals surface area contributed by atoms with Crippen LogP contribution in [0.15, 0.2) is 34.9 Å². The Morgan fingerprint density at radius 2 is 2.18 bits per heavy atom. The average molecular weight is 409 g/mol. The molecule has 0 spiro atoms. The van der Waals surface area contributed by atoms with E-state index >= 15 is 0 Å². The van der Waals surface area contributed by atoms with Crippen LogP contribution >= 0.6 is 11.6 Å². The Morgan fingerprint density at radius 3 is 2.82 bits per heavy atom. The van der Waals surface area contributed by atoms with Crippen molar-refractivity contribution in [2.24, 2.45) is 0 Å². The van der Waals surface area contributed by atoms with Gasteiger partial charge in [-0.05, 0) is 30.7 Å². The number of likely N-dealkylation sites (tertiary alicyclic amines) is 1. The molecule has 3 rings (SSSR count). The lowest BCUT2D eigenvalue weighted by molar-refractivity contribution is 0.0168. The lowest BCUT2D eigenvalue weighted by Gasteiger charge is -2.39. The van der Waals surface area contributed by atoms with Crippen molar-refractivity contribution >= 4 is 23.4 Å². The SMILES string of the molecule is CCc1cc(NC(=O)N[C@H](CO)CCN2CC(Oc3ccc(Cl)cc3)C2)no1. The maximum atomic E-state index is 12.0. The molecule has 2 heterocycles. The van der Waals surface area contributed by atoms with E-state index in [1.807, 2.05) is 19.1 Å². The number of nitrogens with zero attached hydrogens (tertiary/aromatic N) is 2. The van der Waals surface area contributed by atoms with Gasteiger partial charge in [0.1, 0.15) is 17.6 Å². The summed E-state index contributed by atoms with van der Waals surface area (Å²) in [6, 6.07) is 8.24. The Kier molecular flexibility index (Phi) is 7.13. The first kappa shape index (κ1) is 20.4. The fourth-order valence-corrected chi connectivity index (χ4v) is 3.04. The van der Waals surface area contributed by atoms with Gasteiger partial charge >= 0.3 is 6.03 Å². The van der Waals surface area contributed by atoms with Gasteiger partial charge in [0, 0.05) is 37.1 Å². The lowest BCUT2D eigenvalue weighted by Crippen LogP contribution is -2.55. The molecule has 1 aliphatic rings. The molecule has 2 aromatic rings. The maximum absolute atomic E-state index is 12.0. The lowest BCUT2D eigenvalue weighted by atomic mass is 10.1. The number of hydrogen-bond donors (Lipinski definition) is 3. The van der Waals surface area contributed by atoms with Crippen molar-refractivity contribution in [3.05, 3.63) is 41.1 Å². The van der Waals surface area contributed by atoms with Crippen LogP contribution in [-0.4, -0.2) is 59.6 Å². The second-order valence-corrected chi connectivity index (χ2v) is 7.19. The molecule has 28 heavy (non-hydrogen) atoms. The fraction of sp³-hybridized carbons (Fsp3) is 0.474. The minimum Gasteiger partial charge on any atom is -0.488 e. The number of ether oxygens (including phenoxy) is 1. The first-order valence-corrected chi connectivity index (χ1v) is 9.72. The van der Waals surface area contributed by atoms with Crippen LogP contribution in [0.4, 0.5) is 10.6 Å². The number of amides is 2. The van der Waals surface area contributed by atoms with Crippen molar-refractivity contribution in [3.63, 3.8) is 0 Å². The number of urea groups is 1. The number of aromatic nitrogens is 1. The molecule has 1 fully saturated rings. The molecular weight excluding hydrogens is 384 g/mol. The number of carbonyl (C=O) groups excluding carboxylic acids is 1. The summed E-state index contributed by atoms with van der Waals surface area (Å²) in [6.45, 7) is 4.19. The molecule has 1 aromatic heterocycles. The molecule has 1 aromatic carbocycles. The van der Waals surface area contributed by atoms with Crippen molar-refractivity contribution in [1.82, 2.24) is 15.4 Å². The highest BCUT2D eigenvalue weighted by Crippen LogP contribution is 2.20. The molecule has 1 atom stereocenters. The molecule has 1 saturated heterocycles. The first-order chi connectivity index (χ1) is 13.6. The first-order valence-electron chi connectivity index (χ1n) is 9.34. The normalized spacial score (nSPS) is 15.7. The molecule has 3 N–H and O–H groups in total. The molecule has 0 saturated carbocycles. The highest BCUT2D eigenvalue weighted by Gasteiger charge is 2.28. The second kappa shape index (κ2) is 9.77. The van der Waals surface area contributed by atoms with E-state index < -0.39 is 6.03 Å². The zero-order valence-electron chi connectivity index (χ0n) is 15.7. The zero-order valence-corrected chi connectivity index (χ0v) is 16.5. The third-order valence-corrected chi connectivity index (χ3v) is 4.79. The summed E-state index contributed by atoms with van der Waals surface area (Å²) < 4.78 is 10.9. The number of aliphatic hydroxyl groups is 1. The quantitative estimate of drug-likeness (QED) is 0.589. The smallest absolute Gasteiger partial charge is 0.320 e. The molecule has 1 aliphatic heterocycles. The second-order valence-electron chi connectivity index (χ2n) is 6.75. The van der Waals surface area contributed by atoms with Crippen molar-refractivity contribution in [2.45, 2.75) is 31.9 Å². The highest BCUT2D eigenvalue weighted by atomic mass is 35.5. The van der Waals surface area contributed by atoms with Gasteiger partial charge in [0.05, 0.1) is 12.6 Å². The van der Waals surface area contributed by atoms with E-state index in [4.69, 9.17) is 20.9 Å². The standard InChI is InChI=1S/C19H25ClN4O4/c1-2-15-9-18(23-28-15)22-19(26)21-14(12-25)7-8-24-10-17(11-24)27-16-5-3-13(20)4-6-16/h3-6,9,14,17,25H,2,7-8,10-12H2,1H3,(H2,21,22,23,26)/t14-/m0/s1. The van der Waals surface area contributed by atoms with Crippen LogP contribution in [0.1, 0.15) is 19.1 Å². The van der Waals surface area contributed by atoms with E-state index in [2.05, 4.69) is 20.7 Å². The van der Waals surface area contributed by atoms with Crippen LogP contribution in [0.3, 0.4) is 0 Å². The number of aliphatic hydroxyl groups excluding tert-OH is 1. The van der Waals surface area contributed by atoms with Crippen LogP contribution in [-0.2, 0) is 6.42 Å². The van der Waals surface area contributed by atoms with E-state index in [-0.39, 0.29) is 18.8 Å². The number of halogens is 1. The maximum Gasteiger partial charge on any atom is 0.320 e. The predicted octanol–water partition coefficient (Wildman–Crippen LogP) is 2.53. The van der Waals surface area contributed by atoms with E-state index in [0.29, 0.717) is 29.4 Å². The van der Waals surface area contributed by atoms with E-state index in [9.17, 15) is 9.90 Å². The summed E-state index contributed by atoms with van der Waals surface area (Å²) in [4.78, 5) is 14.2. The number of carbonyl (C=O) groups is 1. The van der Waals surface area contributed by atoms with Crippen molar-refractivity contribution < 1.29 is 19.2 Å². The number of anilines is 1. The summed E-state index contributed by atoms with van der Waals surface area (Å²) in [7, 11) is 0. The van der Waals surface area contributed by atoms with Gasteiger partial charge in [-0.1, -0.05) is 23.7 Å². The summed E-state index contributed by atoms with van der Waals surface area (Å²) >= 11 is 5.87. The number of rotatable bonds is 9. The molecular formula is C19H25ClN4O4. The summed E-state index contributed by atoms with van der Waals surface area (Å²) in [5, 5.41) is 19.3. The third kappa shape index (κ3) is 5.85. The van der Waals surface area contributed by atoms with Crippen LogP contribution in [0, 0.1) is 0 Å². The largest absolute Gasteiger partial charge is 0.488 e. The summed E-state index contributed by atoms with van der Waals surface area (Å²) in [5.41, 5.74) is 0. The topological polar surface area (TPSA) is 99.9 Å². The van der Waals surface area contributed by atoms with E-state index in [0.717, 1.165) is 25.4 Å². The highest BCUT2D eigenvalue weighted by molar-refractivity contribution is 6.30. The Morgan fingerprint density at radius 1 is 1.43 bits per heavy atom. The van der Waals surface area contributed by atoms with Crippen molar-refractivity contribution in [3.8, 4) is 5.75 Å². The number of benzene rings is 1. The van der Waals surface area contributed by atoms with Gasteiger partial charge in [-0.2, -0.15) is 0 Å². The van der Waals surface area contributed by atoms with E-state index in [1.54, 1.807) is 18.2 Å². The fourth-order valence-electron chi connectivity index (χ4n) is 2.91. The van der Waals surface area contributed by atoms with Crippen LogP contribution in [0.5, 0.6) is 5.75 Å². The summed E-state index contributed by atoms with van der Waals surface area (Å²) in [6.07, 6.45) is 1.48. The van der Waals surface area contributed by atoms with Crippen LogP contribution < -0.4 is 15.4 Å². The number of nitrogens with one attached hydrogen (secondary N) is 2. The van der Waals surface area contributed by atoms with E-state index in [1.165, 1.54) is 0 Å². The Balaban J connectivity index is 1.34. The van der Waals surface area contributed by atoms with Crippen molar-refractivity contribution in [1.29, 1.82) is 0 Å². The van der Waals surface area contributed by atoms with Gasteiger partial charge in [0.25, 0.3) is 0 Å². The zero-order chi connectivity index (χ0) is 19.9. The molecule has 0 bridgehead atoms. The van der Waals surface area contributed by atoms with Gasteiger partial charge < -0.3 is 19.7 Å². The number of hydrogen-bond acceptors (Lipinski definition) is 6. The molecule has 152 valence electrons. The van der Waals surface area contributed by atoms with Crippen LogP contribution in [0.2, 0.25) is 5.02 Å². The minimum absolute atomic E-state index is 0.134. The van der Waals surface area contributed by atoms with Gasteiger partial charge in [0.15, 0.2) is 5.82 Å². The molecule has 2 amide bonds. The molecule has 0 unspecified atom stereocenters. The Bertz CT molecular complexity index is 762. The third-order valence-electron chi connectivity index (χ3n) is 4.54. The molecule has 0 radical (unpaired) electrons. The minimum atomic E-state index is -0.414. The van der Waals surface area contributed by atoms with Crippen LogP contribution in [0.25, 0.3) is 0 Å². The average Bonchev–Trinajstić information content (AvgIpc) is 3.11. The molecule has 9 heteroatoms. The Labute approximate surface area is 168 Å². The van der Waals surface area contributed by atoms with Crippen molar-refractivity contribution in [2.75, 3.05) is 31.6 Å². The Hall–Kier alpha value is -2.29. The van der Waals surface area contributed by atoms with Gasteiger partial charge in [-0.15, -0.1) is 0 Å².